The summed E-state index contributed by atoms with van der Waals surface area (Å²) < 4.78 is 32.8. The van der Waals surface area contributed by atoms with Crippen molar-refractivity contribution >= 4 is 21.6 Å². The van der Waals surface area contributed by atoms with E-state index in [0.29, 0.717) is 30.9 Å². The van der Waals surface area contributed by atoms with Crippen molar-refractivity contribution in [2.75, 3.05) is 11.3 Å². The first-order valence-electron chi connectivity index (χ1n) is 8.17. The van der Waals surface area contributed by atoms with Gasteiger partial charge in [-0.3, -0.25) is 9.52 Å². The molecule has 8 heteroatoms. The van der Waals surface area contributed by atoms with Gasteiger partial charge >= 0.3 is 0 Å². The molecule has 1 aromatic heterocycles. The second kappa shape index (κ2) is 6.51. The molecule has 25 heavy (non-hydrogen) atoms. The Morgan fingerprint density at radius 2 is 2.08 bits per heavy atom. The Morgan fingerprint density at radius 3 is 2.72 bits per heavy atom. The van der Waals surface area contributed by atoms with Gasteiger partial charge in [0.2, 0.25) is 5.91 Å². The molecule has 0 aliphatic carbocycles. The predicted octanol–water partition coefficient (Wildman–Crippen LogP) is 2.39. The van der Waals surface area contributed by atoms with Crippen LogP contribution in [0.1, 0.15) is 35.9 Å². The SMILES string of the molecule is CCC(=O)N1CCc2ccc(NS(=O)(=O)c3c(C)noc3C)cc2C1. The number of hydrogen-bond acceptors (Lipinski definition) is 5. The Labute approximate surface area is 147 Å². The smallest absolute Gasteiger partial charge is 0.267 e. The topological polar surface area (TPSA) is 92.5 Å². The Morgan fingerprint density at radius 1 is 1.32 bits per heavy atom. The molecule has 3 rings (SSSR count). The summed E-state index contributed by atoms with van der Waals surface area (Å²) in [5.41, 5.74) is 2.89. The van der Waals surface area contributed by atoms with E-state index in [2.05, 4.69) is 9.88 Å². The first-order valence-corrected chi connectivity index (χ1v) is 9.65. The van der Waals surface area contributed by atoms with Gasteiger partial charge in [0.25, 0.3) is 10.0 Å². The van der Waals surface area contributed by atoms with E-state index in [1.165, 1.54) is 0 Å². The van der Waals surface area contributed by atoms with Crippen molar-refractivity contribution < 1.29 is 17.7 Å². The molecule has 0 radical (unpaired) electrons. The number of benzene rings is 1. The van der Waals surface area contributed by atoms with Gasteiger partial charge in [0.1, 0.15) is 5.69 Å². The molecule has 0 saturated carbocycles. The molecule has 0 bridgehead atoms. The van der Waals surface area contributed by atoms with Crippen molar-refractivity contribution in [1.82, 2.24) is 10.1 Å². The van der Waals surface area contributed by atoms with E-state index < -0.39 is 10.0 Å². The van der Waals surface area contributed by atoms with Gasteiger partial charge in [-0.2, -0.15) is 0 Å². The second-order valence-corrected chi connectivity index (χ2v) is 7.78. The normalized spacial score (nSPS) is 14.3. The third-order valence-electron chi connectivity index (χ3n) is 4.36. The van der Waals surface area contributed by atoms with E-state index in [9.17, 15) is 13.2 Å². The number of carbonyl (C=O) groups excluding carboxylic acids is 1. The fraction of sp³-hybridized carbons (Fsp3) is 0.412. The molecule has 1 aliphatic heterocycles. The third kappa shape index (κ3) is 3.39. The van der Waals surface area contributed by atoms with E-state index in [1.54, 1.807) is 30.9 Å². The van der Waals surface area contributed by atoms with E-state index in [-0.39, 0.29) is 16.6 Å². The molecule has 0 saturated heterocycles. The lowest BCUT2D eigenvalue weighted by molar-refractivity contribution is -0.131. The minimum absolute atomic E-state index is 0.0630. The molecule has 0 atom stereocenters. The van der Waals surface area contributed by atoms with Crippen LogP contribution in [-0.2, 0) is 27.8 Å². The molecule has 1 aliphatic rings. The minimum atomic E-state index is -3.78. The number of hydrogen-bond donors (Lipinski definition) is 1. The van der Waals surface area contributed by atoms with Gasteiger partial charge < -0.3 is 9.42 Å². The Kier molecular flexibility index (Phi) is 4.55. The van der Waals surface area contributed by atoms with Gasteiger partial charge in [-0.15, -0.1) is 0 Å². The van der Waals surface area contributed by atoms with Crippen LogP contribution >= 0.6 is 0 Å². The zero-order chi connectivity index (χ0) is 18.2. The summed E-state index contributed by atoms with van der Waals surface area (Å²) in [6.07, 6.45) is 1.24. The van der Waals surface area contributed by atoms with E-state index in [1.807, 2.05) is 13.0 Å². The fourth-order valence-electron chi connectivity index (χ4n) is 3.12. The number of aryl methyl sites for hydroxylation is 2. The lowest BCUT2D eigenvalue weighted by Gasteiger charge is -2.29. The average molecular weight is 363 g/mol. The van der Waals surface area contributed by atoms with Crippen LogP contribution in [0.2, 0.25) is 0 Å². The van der Waals surface area contributed by atoms with Crippen molar-refractivity contribution in [3.8, 4) is 0 Å². The number of sulfonamides is 1. The van der Waals surface area contributed by atoms with Crippen LogP contribution in [0.15, 0.2) is 27.6 Å². The molecule has 0 spiro atoms. The Bertz CT molecular complexity index is 898. The molecule has 134 valence electrons. The summed E-state index contributed by atoms with van der Waals surface area (Å²) in [6, 6.07) is 5.44. The van der Waals surface area contributed by atoms with E-state index in [4.69, 9.17) is 4.52 Å². The standard InChI is InChI=1S/C17H21N3O4S/c1-4-16(21)20-8-7-13-5-6-15(9-14(13)10-20)19-25(22,23)17-11(2)18-24-12(17)3/h5-6,9,19H,4,7-8,10H2,1-3H3. The number of fused-ring (bicyclic) bond motifs is 1. The van der Waals surface area contributed by atoms with Crippen molar-refractivity contribution in [3.63, 3.8) is 0 Å². The number of aromatic nitrogens is 1. The first kappa shape index (κ1) is 17.5. The van der Waals surface area contributed by atoms with Crippen LogP contribution in [0.4, 0.5) is 5.69 Å². The number of rotatable bonds is 4. The van der Waals surface area contributed by atoms with Crippen LogP contribution < -0.4 is 4.72 Å². The highest BCUT2D eigenvalue weighted by Crippen LogP contribution is 2.26. The van der Waals surface area contributed by atoms with Gasteiger partial charge in [-0.25, -0.2) is 8.42 Å². The maximum Gasteiger partial charge on any atom is 0.267 e. The summed E-state index contributed by atoms with van der Waals surface area (Å²) in [5.74, 6) is 0.357. The van der Waals surface area contributed by atoms with Crippen molar-refractivity contribution in [2.45, 2.75) is 45.1 Å². The monoisotopic (exact) mass is 363 g/mol. The second-order valence-electron chi connectivity index (χ2n) is 6.16. The summed E-state index contributed by atoms with van der Waals surface area (Å²) >= 11 is 0. The fourth-order valence-corrected chi connectivity index (χ4v) is 4.50. The van der Waals surface area contributed by atoms with Crippen LogP contribution in [0.3, 0.4) is 0 Å². The molecule has 2 aromatic rings. The molecular weight excluding hydrogens is 342 g/mol. The number of carbonyl (C=O) groups is 1. The molecular formula is C17H21N3O4S. The summed E-state index contributed by atoms with van der Waals surface area (Å²) in [6.45, 7) is 6.19. The molecule has 7 nitrogen and oxygen atoms in total. The zero-order valence-electron chi connectivity index (χ0n) is 14.5. The van der Waals surface area contributed by atoms with E-state index >= 15 is 0 Å². The van der Waals surface area contributed by atoms with Crippen LogP contribution in [0.5, 0.6) is 0 Å². The molecule has 1 N–H and O–H groups in total. The van der Waals surface area contributed by atoms with Gasteiger partial charge in [-0.1, -0.05) is 18.1 Å². The number of anilines is 1. The van der Waals surface area contributed by atoms with Crippen LogP contribution in [-0.4, -0.2) is 30.9 Å². The highest BCUT2D eigenvalue weighted by Gasteiger charge is 2.25. The number of nitrogens with one attached hydrogen (secondary N) is 1. The molecule has 1 amide bonds. The molecule has 1 aromatic carbocycles. The third-order valence-corrected chi connectivity index (χ3v) is 5.99. The van der Waals surface area contributed by atoms with Gasteiger partial charge in [0.05, 0.1) is 0 Å². The summed E-state index contributed by atoms with van der Waals surface area (Å²) in [4.78, 5) is 13.8. The van der Waals surface area contributed by atoms with E-state index in [0.717, 1.165) is 17.5 Å². The predicted molar refractivity (Wildman–Crippen MR) is 92.6 cm³/mol. The quantitative estimate of drug-likeness (QED) is 0.900. The molecule has 0 fully saturated rings. The number of amides is 1. The minimum Gasteiger partial charge on any atom is -0.360 e. The van der Waals surface area contributed by atoms with Gasteiger partial charge in [-0.05, 0) is 43.5 Å². The Balaban J connectivity index is 1.87. The maximum absolute atomic E-state index is 12.6. The molecule has 0 unspecified atom stereocenters. The van der Waals surface area contributed by atoms with Crippen molar-refractivity contribution in [2.24, 2.45) is 0 Å². The average Bonchev–Trinajstić information content (AvgIpc) is 2.92. The highest BCUT2D eigenvalue weighted by atomic mass is 32.2. The zero-order valence-corrected chi connectivity index (χ0v) is 15.3. The lowest BCUT2D eigenvalue weighted by atomic mass is 9.99. The number of nitrogens with zero attached hydrogens (tertiary/aromatic N) is 2. The van der Waals surface area contributed by atoms with Crippen molar-refractivity contribution in [3.05, 3.63) is 40.8 Å². The molecule has 2 heterocycles. The maximum atomic E-state index is 12.6. The Hall–Kier alpha value is -2.35. The van der Waals surface area contributed by atoms with Gasteiger partial charge in [0, 0.05) is 25.2 Å². The van der Waals surface area contributed by atoms with Crippen LogP contribution in [0, 0.1) is 13.8 Å². The van der Waals surface area contributed by atoms with Crippen molar-refractivity contribution in [1.29, 1.82) is 0 Å². The highest BCUT2D eigenvalue weighted by molar-refractivity contribution is 7.92. The first-order chi connectivity index (χ1) is 11.8. The largest absolute Gasteiger partial charge is 0.360 e. The summed E-state index contributed by atoms with van der Waals surface area (Å²) in [7, 11) is -3.78. The van der Waals surface area contributed by atoms with Gasteiger partial charge in [0.15, 0.2) is 10.7 Å². The van der Waals surface area contributed by atoms with Crippen LogP contribution in [0.25, 0.3) is 0 Å². The lowest BCUT2D eigenvalue weighted by Crippen LogP contribution is -2.35. The summed E-state index contributed by atoms with van der Waals surface area (Å²) in [5, 5.41) is 3.69.